The zero-order chi connectivity index (χ0) is 22.5. The summed E-state index contributed by atoms with van der Waals surface area (Å²) < 4.78 is 5.46. The second kappa shape index (κ2) is 9.60. The van der Waals surface area contributed by atoms with Crippen molar-refractivity contribution in [2.45, 2.75) is 13.0 Å². The maximum absolute atomic E-state index is 12.7. The van der Waals surface area contributed by atoms with Crippen molar-refractivity contribution in [3.8, 4) is 5.75 Å². The number of guanidine groups is 1. The number of benzene rings is 3. The largest absolute Gasteiger partial charge is 0.495 e. The van der Waals surface area contributed by atoms with Gasteiger partial charge in [0, 0.05) is 26.2 Å². The van der Waals surface area contributed by atoms with Gasteiger partial charge in [0.25, 0.3) is 0 Å². The number of nitrogens with zero attached hydrogens (tertiary/aromatic N) is 3. The molecule has 2 amide bonds. The van der Waals surface area contributed by atoms with E-state index in [1.807, 2.05) is 55.5 Å². The SMILES string of the molecule is COc1ccccc1N1CCN(C(=O)NC(N)=NC(C)c2cccc3ccccc23)CC1. The van der Waals surface area contributed by atoms with E-state index in [1.165, 1.54) is 0 Å². The van der Waals surface area contributed by atoms with E-state index in [-0.39, 0.29) is 18.0 Å². The summed E-state index contributed by atoms with van der Waals surface area (Å²) in [7, 11) is 1.67. The number of ether oxygens (including phenoxy) is 1. The first kappa shape index (κ1) is 21.5. The average molecular weight is 432 g/mol. The Kier molecular flexibility index (Phi) is 6.44. The smallest absolute Gasteiger partial charge is 0.324 e. The summed E-state index contributed by atoms with van der Waals surface area (Å²) in [6.45, 7) is 4.60. The fourth-order valence-electron chi connectivity index (χ4n) is 4.16. The standard InChI is InChI=1S/C25H29N5O2/c1-18(20-11-7-9-19-8-3-4-10-21(19)20)27-24(26)28-25(31)30-16-14-29(15-17-30)22-12-5-6-13-23(22)32-2/h3-13,18H,14-17H2,1-2H3,(H3,26,27,28,31). The van der Waals surface area contributed by atoms with Gasteiger partial charge >= 0.3 is 6.03 Å². The first-order chi connectivity index (χ1) is 15.6. The number of hydrogen-bond acceptors (Lipinski definition) is 4. The van der Waals surface area contributed by atoms with Crippen LogP contribution in [0.3, 0.4) is 0 Å². The van der Waals surface area contributed by atoms with Crippen molar-refractivity contribution in [1.29, 1.82) is 0 Å². The topological polar surface area (TPSA) is 83.2 Å². The van der Waals surface area contributed by atoms with E-state index >= 15 is 0 Å². The van der Waals surface area contributed by atoms with Crippen LogP contribution < -0.4 is 20.7 Å². The van der Waals surface area contributed by atoms with Crippen LogP contribution in [0.25, 0.3) is 10.8 Å². The molecule has 1 aliphatic rings. The Morgan fingerprint density at radius 3 is 2.47 bits per heavy atom. The van der Waals surface area contributed by atoms with E-state index < -0.39 is 0 Å². The van der Waals surface area contributed by atoms with E-state index in [2.05, 4.69) is 33.4 Å². The molecule has 1 saturated heterocycles. The van der Waals surface area contributed by atoms with Gasteiger partial charge in [-0.05, 0) is 35.4 Å². The van der Waals surface area contributed by atoms with Crippen molar-refractivity contribution in [2.24, 2.45) is 10.7 Å². The fraction of sp³-hybridized carbons (Fsp3) is 0.280. The van der Waals surface area contributed by atoms with Gasteiger partial charge in [-0.1, -0.05) is 54.6 Å². The highest BCUT2D eigenvalue weighted by Gasteiger charge is 2.23. The number of amides is 2. The van der Waals surface area contributed by atoms with Crippen LogP contribution in [0.1, 0.15) is 18.5 Å². The first-order valence-corrected chi connectivity index (χ1v) is 10.8. The van der Waals surface area contributed by atoms with E-state index in [4.69, 9.17) is 10.5 Å². The molecule has 1 aliphatic heterocycles. The maximum Gasteiger partial charge on any atom is 0.324 e. The number of rotatable bonds is 4. The molecular weight excluding hydrogens is 402 g/mol. The van der Waals surface area contributed by atoms with Crippen molar-refractivity contribution >= 4 is 28.5 Å². The molecule has 166 valence electrons. The van der Waals surface area contributed by atoms with E-state index in [1.54, 1.807) is 12.0 Å². The summed E-state index contributed by atoms with van der Waals surface area (Å²) in [5, 5.41) is 5.04. The molecule has 4 rings (SSSR count). The van der Waals surface area contributed by atoms with Gasteiger partial charge in [-0.3, -0.25) is 5.32 Å². The zero-order valence-electron chi connectivity index (χ0n) is 18.5. The molecule has 0 saturated carbocycles. The molecule has 0 bridgehead atoms. The van der Waals surface area contributed by atoms with Gasteiger partial charge in [-0.15, -0.1) is 0 Å². The number of para-hydroxylation sites is 2. The molecule has 0 radical (unpaired) electrons. The summed E-state index contributed by atoms with van der Waals surface area (Å²) in [5.74, 6) is 0.965. The Labute approximate surface area is 188 Å². The molecule has 3 aromatic carbocycles. The van der Waals surface area contributed by atoms with Crippen LogP contribution >= 0.6 is 0 Å². The summed E-state index contributed by atoms with van der Waals surface area (Å²) in [4.78, 5) is 21.2. The van der Waals surface area contributed by atoms with Crippen LogP contribution in [0.4, 0.5) is 10.5 Å². The normalized spacial score (nSPS) is 15.5. The molecule has 0 aliphatic carbocycles. The van der Waals surface area contributed by atoms with Crippen LogP contribution in [0.5, 0.6) is 5.75 Å². The van der Waals surface area contributed by atoms with Gasteiger partial charge in [0.2, 0.25) is 0 Å². The highest BCUT2D eigenvalue weighted by molar-refractivity contribution is 5.95. The lowest BCUT2D eigenvalue weighted by atomic mass is 10.0. The summed E-state index contributed by atoms with van der Waals surface area (Å²) in [6.07, 6.45) is 0. The van der Waals surface area contributed by atoms with Crippen molar-refractivity contribution < 1.29 is 9.53 Å². The number of nitrogens with two attached hydrogens (primary N) is 1. The third kappa shape index (κ3) is 4.61. The van der Waals surface area contributed by atoms with Gasteiger partial charge in [-0.25, -0.2) is 9.79 Å². The Morgan fingerprint density at radius 1 is 1.00 bits per heavy atom. The minimum absolute atomic E-state index is 0.127. The van der Waals surface area contributed by atoms with Crippen LogP contribution in [0.15, 0.2) is 71.7 Å². The highest BCUT2D eigenvalue weighted by atomic mass is 16.5. The van der Waals surface area contributed by atoms with Crippen molar-refractivity contribution in [1.82, 2.24) is 10.2 Å². The first-order valence-electron chi connectivity index (χ1n) is 10.8. The third-order valence-electron chi connectivity index (χ3n) is 5.83. The van der Waals surface area contributed by atoms with Crippen molar-refractivity contribution in [2.75, 3.05) is 38.2 Å². The molecular formula is C25H29N5O2. The van der Waals surface area contributed by atoms with Crippen molar-refractivity contribution in [3.05, 3.63) is 72.3 Å². The van der Waals surface area contributed by atoms with Gasteiger partial charge in [0.15, 0.2) is 5.96 Å². The molecule has 3 aromatic rings. The molecule has 1 atom stereocenters. The second-order valence-corrected chi connectivity index (χ2v) is 7.83. The predicted octanol–water partition coefficient (Wildman–Crippen LogP) is 3.76. The molecule has 0 spiro atoms. The predicted molar refractivity (Wildman–Crippen MR) is 129 cm³/mol. The van der Waals surface area contributed by atoms with Crippen LogP contribution in [0.2, 0.25) is 0 Å². The van der Waals surface area contributed by atoms with E-state index in [0.29, 0.717) is 13.1 Å². The summed E-state index contributed by atoms with van der Waals surface area (Å²) in [6, 6.07) is 21.8. The Bertz CT molecular complexity index is 1120. The average Bonchev–Trinajstić information content (AvgIpc) is 2.83. The lowest BCUT2D eigenvalue weighted by Crippen LogP contribution is -2.54. The van der Waals surface area contributed by atoms with Gasteiger partial charge in [0.1, 0.15) is 5.75 Å². The number of fused-ring (bicyclic) bond motifs is 1. The summed E-state index contributed by atoms with van der Waals surface area (Å²) in [5.41, 5.74) is 8.20. The van der Waals surface area contributed by atoms with E-state index in [9.17, 15) is 4.79 Å². The maximum atomic E-state index is 12.7. The molecule has 0 aromatic heterocycles. The number of carbonyl (C=O) groups is 1. The van der Waals surface area contributed by atoms with E-state index in [0.717, 1.165) is 40.9 Å². The number of methoxy groups -OCH3 is 1. The number of urea groups is 1. The number of carbonyl (C=O) groups excluding carboxylic acids is 1. The zero-order valence-corrected chi connectivity index (χ0v) is 18.5. The number of hydrogen-bond donors (Lipinski definition) is 2. The molecule has 3 N–H and O–H groups in total. The molecule has 1 unspecified atom stereocenters. The summed E-state index contributed by atoms with van der Waals surface area (Å²) >= 11 is 0. The van der Waals surface area contributed by atoms with Crippen LogP contribution in [0, 0.1) is 0 Å². The van der Waals surface area contributed by atoms with Gasteiger partial charge in [0.05, 0.1) is 18.8 Å². The molecule has 7 heteroatoms. The van der Waals surface area contributed by atoms with Crippen LogP contribution in [-0.4, -0.2) is 50.2 Å². The monoisotopic (exact) mass is 431 g/mol. The van der Waals surface area contributed by atoms with Gasteiger partial charge in [-0.2, -0.15) is 0 Å². The second-order valence-electron chi connectivity index (χ2n) is 7.83. The number of nitrogens with one attached hydrogen (secondary N) is 1. The minimum atomic E-state index is -0.226. The highest BCUT2D eigenvalue weighted by Crippen LogP contribution is 2.28. The van der Waals surface area contributed by atoms with Crippen LogP contribution in [-0.2, 0) is 0 Å². The number of piperazine rings is 1. The Morgan fingerprint density at radius 2 is 1.69 bits per heavy atom. The fourth-order valence-corrected chi connectivity index (χ4v) is 4.16. The van der Waals surface area contributed by atoms with Gasteiger partial charge < -0.3 is 20.3 Å². The lowest BCUT2D eigenvalue weighted by Gasteiger charge is -2.36. The third-order valence-corrected chi connectivity index (χ3v) is 5.83. The molecule has 32 heavy (non-hydrogen) atoms. The quantitative estimate of drug-likeness (QED) is 0.487. The Balaban J connectivity index is 1.37. The molecule has 7 nitrogen and oxygen atoms in total. The lowest BCUT2D eigenvalue weighted by molar-refractivity contribution is 0.199. The van der Waals surface area contributed by atoms with Crippen molar-refractivity contribution in [3.63, 3.8) is 0 Å². The number of aliphatic imine (C=N–C) groups is 1. The molecule has 1 heterocycles. The minimum Gasteiger partial charge on any atom is -0.495 e. The Hall–Kier alpha value is -3.74. The molecule has 1 fully saturated rings. The number of anilines is 1.